The normalized spacial score (nSPS) is 42.1. The van der Waals surface area contributed by atoms with Crippen molar-refractivity contribution in [2.24, 2.45) is 46.3 Å². The van der Waals surface area contributed by atoms with E-state index >= 15 is 0 Å². The summed E-state index contributed by atoms with van der Waals surface area (Å²) in [5, 5.41) is 12.3. The number of carboxylic acid groups (broad SMARTS) is 1. The Morgan fingerprint density at radius 2 is 1.88 bits per heavy atom. The lowest BCUT2D eigenvalue weighted by atomic mass is 9.47. The summed E-state index contributed by atoms with van der Waals surface area (Å²) in [6, 6.07) is 0.346. The van der Waals surface area contributed by atoms with Gasteiger partial charge in [0.2, 0.25) is 0 Å². The second-order valence-electron chi connectivity index (χ2n) is 13.0. The van der Waals surface area contributed by atoms with Crippen LogP contribution in [-0.4, -0.2) is 23.7 Å². The average Bonchev–Trinajstić information content (AvgIpc) is 3.09. The zero-order valence-corrected chi connectivity index (χ0v) is 21.5. The molecule has 3 heteroatoms. The van der Waals surface area contributed by atoms with Crippen LogP contribution < -0.4 is 5.32 Å². The summed E-state index contributed by atoms with van der Waals surface area (Å²) in [6.45, 7) is 12.6. The minimum Gasteiger partial charge on any atom is -0.480 e. The van der Waals surface area contributed by atoms with Gasteiger partial charge in [0.25, 0.3) is 0 Å². The summed E-state index contributed by atoms with van der Waals surface area (Å²) < 4.78 is 0. The Balaban J connectivity index is 1.44. The number of hydrogen-bond acceptors (Lipinski definition) is 2. The van der Waals surface area contributed by atoms with E-state index in [0.29, 0.717) is 16.9 Å². The van der Waals surface area contributed by atoms with Crippen molar-refractivity contribution in [3.63, 3.8) is 0 Å². The van der Waals surface area contributed by atoms with E-state index in [1.165, 1.54) is 57.8 Å². The lowest BCUT2D eigenvalue weighted by Gasteiger charge is -2.58. The molecule has 4 rings (SSSR count). The van der Waals surface area contributed by atoms with E-state index in [9.17, 15) is 4.79 Å². The number of aliphatic carboxylic acids is 1. The number of fused-ring (bicyclic) bond motifs is 5. The molecule has 182 valence electrons. The molecular weight excluding hydrogens is 394 g/mol. The van der Waals surface area contributed by atoms with Crippen molar-refractivity contribution >= 4 is 5.97 Å². The SMILES string of the molecule is CC(C)CCC[C@@H](C)[C@H]1CCC2C3CC=C4CC(NCC(=O)O)CC[C@]4(C)C3CC[C@@]21C. The Morgan fingerprint density at radius 1 is 1.09 bits per heavy atom. The number of nitrogens with one attached hydrogen (secondary N) is 1. The molecule has 4 unspecified atom stereocenters. The summed E-state index contributed by atoms with van der Waals surface area (Å²) >= 11 is 0. The highest BCUT2D eigenvalue weighted by Crippen LogP contribution is 2.67. The quantitative estimate of drug-likeness (QED) is 0.394. The van der Waals surface area contributed by atoms with Gasteiger partial charge in [-0.05, 0) is 97.7 Å². The highest BCUT2D eigenvalue weighted by molar-refractivity contribution is 5.69. The molecule has 4 aliphatic carbocycles. The third-order valence-corrected chi connectivity index (χ3v) is 10.8. The summed E-state index contributed by atoms with van der Waals surface area (Å²) in [5.74, 6) is 4.53. The fourth-order valence-corrected chi connectivity index (χ4v) is 9.09. The van der Waals surface area contributed by atoms with E-state index in [1.54, 1.807) is 5.57 Å². The predicted molar refractivity (Wildman–Crippen MR) is 132 cm³/mol. The molecule has 2 N–H and O–H groups in total. The smallest absolute Gasteiger partial charge is 0.317 e. The van der Waals surface area contributed by atoms with Gasteiger partial charge in [-0.3, -0.25) is 4.79 Å². The third-order valence-electron chi connectivity index (χ3n) is 10.8. The second kappa shape index (κ2) is 9.43. The fourth-order valence-electron chi connectivity index (χ4n) is 9.09. The Hall–Kier alpha value is -0.830. The number of carboxylic acids is 1. The number of hydrogen-bond donors (Lipinski definition) is 2. The maximum Gasteiger partial charge on any atom is 0.317 e. The summed E-state index contributed by atoms with van der Waals surface area (Å²) in [7, 11) is 0. The van der Waals surface area contributed by atoms with Crippen LogP contribution in [0, 0.1) is 46.3 Å². The topological polar surface area (TPSA) is 49.3 Å². The lowest BCUT2D eigenvalue weighted by Crippen LogP contribution is -2.52. The molecule has 32 heavy (non-hydrogen) atoms. The first-order valence-electron chi connectivity index (χ1n) is 13.8. The van der Waals surface area contributed by atoms with Gasteiger partial charge in [-0.15, -0.1) is 0 Å². The summed E-state index contributed by atoms with van der Waals surface area (Å²) in [5.41, 5.74) is 2.56. The van der Waals surface area contributed by atoms with Crippen LogP contribution in [0.15, 0.2) is 11.6 Å². The molecule has 0 aromatic heterocycles. The van der Waals surface area contributed by atoms with E-state index in [1.807, 2.05) is 0 Å². The Bertz CT molecular complexity index is 714. The van der Waals surface area contributed by atoms with Gasteiger partial charge in [0.1, 0.15) is 0 Å². The van der Waals surface area contributed by atoms with Crippen molar-refractivity contribution in [2.75, 3.05) is 6.54 Å². The molecule has 0 saturated heterocycles. The predicted octanol–water partition coefficient (Wildman–Crippen LogP) is 7.07. The van der Waals surface area contributed by atoms with Gasteiger partial charge in [0, 0.05) is 6.04 Å². The molecule has 4 aliphatic rings. The molecule has 0 bridgehead atoms. The number of carbonyl (C=O) groups is 1. The highest BCUT2D eigenvalue weighted by atomic mass is 16.4. The van der Waals surface area contributed by atoms with Crippen LogP contribution in [0.4, 0.5) is 0 Å². The van der Waals surface area contributed by atoms with Crippen LogP contribution in [-0.2, 0) is 4.79 Å². The molecule has 0 heterocycles. The molecule has 0 amide bonds. The molecule has 3 nitrogen and oxygen atoms in total. The summed E-state index contributed by atoms with van der Waals surface area (Å²) in [4.78, 5) is 11.0. The molecule has 0 aliphatic heterocycles. The molecule has 0 spiro atoms. The number of rotatable bonds is 8. The third kappa shape index (κ3) is 4.44. The fraction of sp³-hybridized carbons (Fsp3) is 0.897. The van der Waals surface area contributed by atoms with Crippen molar-refractivity contribution in [3.8, 4) is 0 Å². The van der Waals surface area contributed by atoms with E-state index in [0.717, 1.165) is 48.3 Å². The molecule has 0 aromatic rings. The number of allylic oxidation sites excluding steroid dienone is 1. The Labute approximate surface area is 197 Å². The maximum atomic E-state index is 11.0. The summed E-state index contributed by atoms with van der Waals surface area (Å²) in [6.07, 6.45) is 17.3. The van der Waals surface area contributed by atoms with Gasteiger partial charge in [0.05, 0.1) is 6.54 Å². The van der Waals surface area contributed by atoms with Crippen molar-refractivity contribution in [2.45, 2.75) is 111 Å². The molecule has 8 atom stereocenters. The van der Waals surface area contributed by atoms with Crippen LogP contribution in [0.3, 0.4) is 0 Å². The average molecular weight is 444 g/mol. The molecule has 0 aromatic carbocycles. The van der Waals surface area contributed by atoms with Crippen LogP contribution in [0.5, 0.6) is 0 Å². The van der Waals surface area contributed by atoms with Crippen molar-refractivity contribution in [1.82, 2.24) is 5.32 Å². The molecule has 3 saturated carbocycles. The highest BCUT2D eigenvalue weighted by Gasteiger charge is 2.59. The van der Waals surface area contributed by atoms with Gasteiger partial charge < -0.3 is 10.4 Å². The lowest BCUT2D eigenvalue weighted by molar-refractivity contribution is -0.136. The first-order chi connectivity index (χ1) is 15.1. The first kappa shape index (κ1) is 24.3. The molecule has 3 fully saturated rings. The zero-order valence-electron chi connectivity index (χ0n) is 21.5. The van der Waals surface area contributed by atoms with Gasteiger partial charge in [-0.1, -0.05) is 65.5 Å². The minimum absolute atomic E-state index is 0.0951. The molecular formula is C29H49NO2. The van der Waals surface area contributed by atoms with Crippen LogP contribution >= 0.6 is 0 Å². The van der Waals surface area contributed by atoms with Crippen molar-refractivity contribution in [1.29, 1.82) is 0 Å². The van der Waals surface area contributed by atoms with Crippen LogP contribution in [0.2, 0.25) is 0 Å². The first-order valence-corrected chi connectivity index (χ1v) is 13.8. The van der Waals surface area contributed by atoms with Gasteiger partial charge >= 0.3 is 5.97 Å². The van der Waals surface area contributed by atoms with Gasteiger partial charge in [-0.25, -0.2) is 0 Å². The molecule has 0 radical (unpaired) electrons. The Morgan fingerprint density at radius 3 is 2.59 bits per heavy atom. The van der Waals surface area contributed by atoms with E-state index < -0.39 is 5.97 Å². The van der Waals surface area contributed by atoms with Crippen molar-refractivity contribution < 1.29 is 9.90 Å². The van der Waals surface area contributed by atoms with E-state index in [4.69, 9.17) is 5.11 Å². The van der Waals surface area contributed by atoms with Gasteiger partial charge in [-0.2, -0.15) is 0 Å². The van der Waals surface area contributed by atoms with E-state index in [-0.39, 0.29) is 6.54 Å². The largest absolute Gasteiger partial charge is 0.480 e. The zero-order chi connectivity index (χ0) is 23.1. The second-order valence-corrected chi connectivity index (χ2v) is 13.0. The van der Waals surface area contributed by atoms with Crippen LogP contribution in [0.1, 0.15) is 105 Å². The van der Waals surface area contributed by atoms with Gasteiger partial charge in [0.15, 0.2) is 0 Å². The maximum absolute atomic E-state index is 11.0. The van der Waals surface area contributed by atoms with Crippen molar-refractivity contribution in [3.05, 3.63) is 11.6 Å². The standard InChI is InChI=1S/C29H49NO2/c1-19(2)7-6-8-20(3)24-11-12-25-23-10-9-21-17-22(30-18-27(31)32)13-15-28(21,4)26(23)14-16-29(24,25)5/h9,19-20,22-26,30H,6-8,10-18H2,1-5H3,(H,31,32)/t20-,22?,23?,24-,25?,26?,28+,29-/m1/s1. The monoisotopic (exact) mass is 443 g/mol. The minimum atomic E-state index is -0.739. The Kier molecular flexibility index (Phi) is 7.16. The van der Waals surface area contributed by atoms with E-state index in [2.05, 4.69) is 46.0 Å². The van der Waals surface area contributed by atoms with Crippen LogP contribution in [0.25, 0.3) is 0 Å².